The predicted molar refractivity (Wildman–Crippen MR) is 102 cm³/mol. The molecule has 136 valence electrons. The molecular formula is C18H25N3O3S. The summed E-state index contributed by atoms with van der Waals surface area (Å²) in [6, 6.07) is 14.7. The average molecular weight is 363 g/mol. The van der Waals surface area contributed by atoms with Crippen molar-refractivity contribution in [1.82, 2.24) is 5.32 Å². The minimum Gasteiger partial charge on any atom is -0.489 e. The number of nitrogens with two attached hydrogens (primary N) is 1. The van der Waals surface area contributed by atoms with E-state index in [2.05, 4.69) is 10.0 Å². The van der Waals surface area contributed by atoms with E-state index in [1.54, 1.807) is 24.3 Å². The third-order valence-corrected chi connectivity index (χ3v) is 4.10. The Morgan fingerprint density at radius 1 is 1.08 bits per heavy atom. The first-order chi connectivity index (χ1) is 11.8. The van der Waals surface area contributed by atoms with Crippen LogP contribution in [0.25, 0.3) is 0 Å². The van der Waals surface area contributed by atoms with Crippen LogP contribution in [0.5, 0.6) is 5.75 Å². The van der Waals surface area contributed by atoms with Crippen LogP contribution >= 0.6 is 0 Å². The number of sulfonamides is 1. The highest BCUT2D eigenvalue weighted by atomic mass is 32.2. The van der Waals surface area contributed by atoms with Crippen LogP contribution in [0.2, 0.25) is 0 Å². The zero-order valence-electron chi connectivity index (χ0n) is 14.5. The van der Waals surface area contributed by atoms with Crippen molar-refractivity contribution in [2.24, 2.45) is 0 Å². The summed E-state index contributed by atoms with van der Waals surface area (Å²) in [4.78, 5) is 0. The molecular weight excluding hydrogens is 338 g/mol. The first-order valence-electron chi connectivity index (χ1n) is 8.11. The van der Waals surface area contributed by atoms with Gasteiger partial charge < -0.3 is 15.8 Å². The monoisotopic (exact) mass is 363 g/mol. The molecule has 0 amide bonds. The van der Waals surface area contributed by atoms with Crippen LogP contribution in [0.3, 0.4) is 0 Å². The van der Waals surface area contributed by atoms with Crippen molar-refractivity contribution in [3.05, 3.63) is 54.1 Å². The largest absolute Gasteiger partial charge is 0.489 e. The number of benzene rings is 2. The highest BCUT2D eigenvalue weighted by molar-refractivity contribution is 7.92. The van der Waals surface area contributed by atoms with Gasteiger partial charge in [0.15, 0.2) is 0 Å². The van der Waals surface area contributed by atoms with E-state index in [-0.39, 0.29) is 6.10 Å². The van der Waals surface area contributed by atoms with Gasteiger partial charge in [-0.05, 0) is 61.9 Å². The van der Waals surface area contributed by atoms with Crippen LogP contribution in [0.15, 0.2) is 48.5 Å². The minimum absolute atomic E-state index is 0.000125. The van der Waals surface area contributed by atoms with Crippen molar-refractivity contribution >= 4 is 21.4 Å². The van der Waals surface area contributed by atoms with E-state index in [9.17, 15) is 8.42 Å². The third kappa shape index (κ3) is 7.45. The van der Waals surface area contributed by atoms with Crippen LogP contribution in [-0.4, -0.2) is 33.9 Å². The second kappa shape index (κ2) is 8.73. The molecule has 0 aliphatic heterocycles. The maximum Gasteiger partial charge on any atom is 0.229 e. The Labute approximate surface area is 149 Å². The molecule has 1 atom stereocenters. The molecule has 0 fully saturated rings. The van der Waals surface area contributed by atoms with Crippen molar-refractivity contribution in [3.63, 3.8) is 0 Å². The smallest absolute Gasteiger partial charge is 0.229 e. The summed E-state index contributed by atoms with van der Waals surface area (Å²) in [6.45, 7) is 3.56. The van der Waals surface area contributed by atoms with Crippen LogP contribution < -0.4 is 20.5 Å². The van der Waals surface area contributed by atoms with Gasteiger partial charge in [-0.3, -0.25) is 4.72 Å². The van der Waals surface area contributed by atoms with Crippen LogP contribution in [-0.2, 0) is 16.4 Å². The van der Waals surface area contributed by atoms with Gasteiger partial charge in [-0.15, -0.1) is 0 Å². The van der Waals surface area contributed by atoms with Crippen LogP contribution in [0, 0.1) is 0 Å². The number of anilines is 2. The summed E-state index contributed by atoms with van der Waals surface area (Å²) in [5.41, 5.74) is 8.20. The molecule has 0 saturated carbocycles. The van der Waals surface area contributed by atoms with E-state index in [1.165, 1.54) is 5.56 Å². The molecule has 4 N–H and O–H groups in total. The summed E-state index contributed by atoms with van der Waals surface area (Å²) < 4.78 is 30.6. The second-order valence-electron chi connectivity index (χ2n) is 6.02. The van der Waals surface area contributed by atoms with Gasteiger partial charge >= 0.3 is 0 Å². The highest BCUT2D eigenvalue weighted by Gasteiger charge is 2.05. The Morgan fingerprint density at radius 2 is 1.72 bits per heavy atom. The lowest BCUT2D eigenvalue weighted by atomic mass is 10.1. The predicted octanol–water partition coefficient (Wildman–Crippen LogP) is 2.24. The molecule has 0 aliphatic rings. The molecule has 7 heteroatoms. The van der Waals surface area contributed by atoms with E-state index in [4.69, 9.17) is 10.5 Å². The Hall–Kier alpha value is -2.25. The summed E-state index contributed by atoms with van der Waals surface area (Å²) >= 11 is 0. The lowest BCUT2D eigenvalue weighted by Crippen LogP contribution is -2.30. The molecule has 0 aromatic heterocycles. The summed E-state index contributed by atoms with van der Waals surface area (Å²) in [7, 11) is -3.26. The Bertz CT molecular complexity index is 759. The number of nitrogens with one attached hydrogen (secondary N) is 2. The Kier molecular flexibility index (Phi) is 6.66. The van der Waals surface area contributed by atoms with Crippen molar-refractivity contribution in [3.8, 4) is 5.75 Å². The number of rotatable bonds is 9. The average Bonchev–Trinajstić information content (AvgIpc) is 2.54. The van der Waals surface area contributed by atoms with E-state index in [1.807, 2.05) is 31.2 Å². The molecule has 0 aliphatic carbocycles. The summed E-state index contributed by atoms with van der Waals surface area (Å²) in [5.74, 6) is 0.701. The normalized spacial score (nSPS) is 12.6. The topological polar surface area (TPSA) is 93.4 Å². The van der Waals surface area contributed by atoms with E-state index >= 15 is 0 Å². The first kappa shape index (κ1) is 19.1. The van der Waals surface area contributed by atoms with E-state index < -0.39 is 10.0 Å². The number of ether oxygens (including phenoxy) is 1. The molecule has 0 bridgehead atoms. The van der Waals surface area contributed by atoms with Gasteiger partial charge in [-0.25, -0.2) is 8.42 Å². The second-order valence-corrected chi connectivity index (χ2v) is 7.77. The molecule has 25 heavy (non-hydrogen) atoms. The van der Waals surface area contributed by atoms with Gasteiger partial charge in [0.25, 0.3) is 0 Å². The quantitative estimate of drug-likeness (QED) is 0.469. The van der Waals surface area contributed by atoms with Crippen LogP contribution in [0.4, 0.5) is 11.4 Å². The third-order valence-electron chi connectivity index (χ3n) is 3.50. The molecule has 2 aromatic carbocycles. The van der Waals surface area contributed by atoms with Gasteiger partial charge in [0.1, 0.15) is 11.9 Å². The fraction of sp³-hybridized carbons (Fsp3) is 0.333. The van der Waals surface area contributed by atoms with Crippen LogP contribution in [0.1, 0.15) is 12.5 Å². The molecule has 0 spiro atoms. The first-order valence-corrected chi connectivity index (χ1v) is 10.0. The number of nitrogen functional groups attached to an aromatic ring is 1. The van der Waals surface area contributed by atoms with Crippen molar-refractivity contribution in [1.29, 1.82) is 0 Å². The van der Waals surface area contributed by atoms with Gasteiger partial charge in [0, 0.05) is 17.9 Å². The minimum atomic E-state index is -3.26. The Morgan fingerprint density at radius 3 is 2.32 bits per heavy atom. The molecule has 2 aromatic rings. The Balaban J connectivity index is 1.71. The SMILES string of the molecule is CC(CNCCc1ccc(N)cc1)Oc1ccc(NS(C)(=O)=O)cc1. The number of hydrogen-bond acceptors (Lipinski definition) is 5. The molecule has 0 radical (unpaired) electrons. The maximum atomic E-state index is 11.2. The van der Waals surface area contributed by atoms with Crippen molar-refractivity contribution in [2.45, 2.75) is 19.4 Å². The zero-order chi connectivity index (χ0) is 18.3. The van der Waals surface area contributed by atoms with Crippen molar-refractivity contribution in [2.75, 3.05) is 29.8 Å². The molecule has 6 nitrogen and oxygen atoms in total. The van der Waals surface area contributed by atoms with Gasteiger partial charge in [-0.2, -0.15) is 0 Å². The van der Waals surface area contributed by atoms with Gasteiger partial charge in [0.05, 0.1) is 6.26 Å². The summed E-state index contributed by atoms with van der Waals surface area (Å²) in [5, 5.41) is 3.36. The lowest BCUT2D eigenvalue weighted by Gasteiger charge is -2.16. The zero-order valence-corrected chi connectivity index (χ0v) is 15.3. The lowest BCUT2D eigenvalue weighted by molar-refractivity contribution is 0.217. The number of hydrogen-bond donors (Lipinski definition) is 3. The summed E-state index contributed by atoms with van der Waals surface area (Å²) in [6.07, 6.45) is 2.05. The highest BCUT2D eigenvalue weighted by Crippen LogP contribution is 2.17. The fourth-order valence-electron chi connectivity index (χ4n) is 2.31. The van der Waals surface area contributed by atoms with E-state index in [0.29, 0.717) is 11.4 Å². The van der Waals surface area contributed by atoms with E-state index in [0.717, 1.165) is 31.5 Å². The van der Waals surface area contributed by atoms with Gasteiger partial charge in [-0.1, -0.05) is 12.1 Å². The molecule has 2 rings (SSSR count). The van der Waals surface area contributed by atoms with Crippen molar-refractivity contribution < 1.29 is 13.2 Å². The fourth-order valence-corrected chi connectivity index (χ4v) is 2.88. The standard InChI is InChI=1S/C18H25N3O3S/c1-14(13-20-12-11-15-3-5-16(19)6-4-15)24-18-9-7-17(8-10-18)21-25(2,22)23/h3-10,14,20-21H,11-13,19H2,1-2H3. The molecule has 1 unspecified atom stereocenters. The molecule has 0 heterocycles. The van der Waals surface area contributed by atoms with Gasteiger partial charge in [0.2, 0.25) is 10.0 Å². The molecule has 0 saturated heterocycles. The maximum absolute atomic E-state index is 11.2.